The SMILES string of the molecule is CCCCCCCCC1CCC(CCCCCC)O1. The van der Waals surface area contributed by atoms with E-state index in [0.29, 0.717) is 12.2 Å². The summed E-state index contributed by atoms with van der Waals surface area (Å²) < 4.78 is 6.17. The first-order chi connectivity index (χ1) is 9.36. The van der Waals surface area contributed by atoms with Crippen LogP contribution in [0.2, 0.25) is 0 Å². The molecule has 0 aliphatic carbocycles. The molecule has 0 bridgehead atoms. The maximum Gasteiger partial charge on any atom is 0.0579 e. The molecule has 0 aromatic rings. The molecule has 0 radical (unpaired) electrons. The second-order valence-electron chi connectivity index (χ2n) is 6.36. The lowest BCUT2D eigenvalue weighted by Crippen LogP contribution is -2.10. The fourth-order valence-corrected chi connectivity index (χ4v) is 3.16. The minimum absolute atomic E-state index is 0.599. The van der Waals surface area contributed by atoms with Gasteiger partial charge in [-0.1, -0.05) is 78.1 Å². The highest BCUT2D eigenvalue weighted by molar-refractivity contribution is 4.73. The maximum atomic E-state index is 6.17. The van der Waals surface area contributed by atoms with Crippen LogP contribution in [0.4, 0.5) is 0 Å². The molecule has 1 saturated heterocycles. The monoisotopic (exact) mass is 268 g/mol. The molecule has 19 heavy (non-hydrogen) atoms. The molecule has 0 aromatic heterocycles. The van der Waals surface area contributed by atoms with Gasteiger partial charge in [-0.3, -0.25) is 0 Å². The van der Waals surface area contributed by atoms with Crippen molar-refractivity contribution in [2.75, 3.05) is 0 Å². The average Bonchev–Trinajstić information content (AvgIpc) is 2.87. The van der Waals surface area contributed by atoms with Crippen molar-refractivity contribution < 1.29 is 4.74 Å². The third-order valence-electron chi connectivity index (χ3n) is 4.45. The van der Waals surface area contributed by atoms with Crippen LogP contribution in [0.1, 0.15) is 104 Å². The van der Waals surface area contributed by atoms with E-state index in [0.717, 1.165) is 0 Å². The number of unbranched alkanes of at least 4 members (excludes halogenated alkanes) is 8. The Bertz CT molecular complexity index is 190. The Morgan fingerprint density at radius 1 is 0.632 bits per heavy atom. The van der Waals surface area contributed by atoms with Gasteiger partial charge in [0.15, 0.2) is 0 Å². The molecular weight excluding hydrogens is 232 g/mol. The molecule has 2 atom stereocenters. The number of ether oxygens (including phenoxy) is 1. The van der Waals surface area contributed by atoms with Crippen molar-refractivity contribution in [3.05, 3.63) is 0 Å². The standard InChI is InChI=1S/C18H36O/c1-3-5-7-9-10-12-14-18-16-15-17(19-18)13-11-8-6-4-2/h17-18H,3-16H2,1-2H3. The summed E-state index contributed by atoms with van der Waals surface area (Å²) in [6, 6.07) is 0. The molecule has 1 fully saturated rings. The van der Waals surface area contributed by atoms with Crippen LogP contribution in [-0.2, 0) is 4.74 Å². The zero-order chi connectivity index (χ0) is 13.8. The van der Waals surface area contributed by atoms with Gasteiger partial charge < -0.3 is 4.74 Å². The number of hydrogen-bond acceptors (Lipinski definition) is 1. The van der Waals surface area contributed by atoms with Crippen molar-refractivity contribution in [2.24, 2.45) is 0 Å². The Labute approximate surface area is 121 Å². The maximum absolute atomic E-state index is 6.17. The summed E-state index contributed by atoms with van der Waals surface area (Å²) in [7, 11) is 0. The highest BCUT2D eigenvalue weighted by Gasteiger charge is 2.23. The second kappa shape index (κ2) is 11.8. The first-order valence-electron chi connectivity index (χ1n) is 9.02. The molecule has 1 aliphatic heterocycles. The summed E-state index contributed by atoms with van der Waals surface area (Å²) in [6.07, 6.45) is 20.4. The van der Waals surface area contributed by atoms with Crippen molar-refractivity contribution in [3.8, 4) is 0 Å². The molecule has 1 rings (SSSR count). The summed E-state index contributed by atoms with van der Waals surface area (Å²) in [6.45, 7) is 4.57. The first kappa shape index (κ1) is 17.0. The van der Waals surface area contributed by atoms with Crippen LogP contribution < -0.4 is 0 Å². The lowest BCUT2D eigenvalue weighted by Gasteiger charge is -2.13. The van der Waals surface area contributed by atoms with Crippen LogP contribution in [0.5, 0.6) is 0 Å². The Morgan fingerprint density at radius 2 is 1.05 bits per heavy atom. The lowest BCUT2D eigenvalue weighted by molar-refractivity contribution is 0.0335. The van der Waals surface area contributed by atoms with Gasteiger partial charge in [0, 0.05) is 0 Å². The van der Waals surface area contributed by atoms with Crippen molar-refractivity contribution in [1.82, 2.24) is 0 Å². The molecule has 1 heteroatoms. The summed E-state index contributed by atoms with van der Waals surface area (Å²) >= 11 is 0. The lowest BCUT2D eigenvalue weighted by atomic mass is 10.0. The minimum Gasteiger partial charge on any atom is -0.375 e. The van der Waals surface area contributed by atoms with Crippen molar-refractivity contribution in [2.45, 2.75) is 116 Å². The summed E-state index contributed by atoms with van der Waals surface area (Å²) in [5.74, 6) is 0. The van der Waals surface area contributed by atoms with Gasteiger partial charge in [-0.05, 0) is 25.7 Å². The van der Waals surface area contributed by atoms with E-state index in [1.54, 1.807) is 0 Å². The van der Waals surface area contributed by atoms with E-state index in [-0.39, 0.29) is 0 Å². The van der Waals surface area contributed by atoms with Crippen LogP contribution in [0, 0.1) is 0 Å². The van der Waals surface area contributed by atoms with E-state index in [2.05, 4.69) is 13.8 Å². The number of rotatable bonds is 12. The highest BCUT2D eigenvalue weighted by atomic mass is 16.5. The van der Waals surface area contributed by atoms with Gasteiger partial charge in [0.1, 0.15) is 0 Å². The molecule has 0 N–H and O–H groups in total. The number of hydrogen-bond donors (Lipinski definition) is 0. The van der Waals surface area contributed by atoms with Gasteiger partial charge >= 0.3 is 0 Å². The smallest absolute Gasteiger partial charge is 0.0579 e. The quantitative estimate of drug-likeness (QED) is 0.380. The summed E-state index contributed by atoms with van der Waals surface area (Å²) in [4.78, 5) is 0. The molecule has 0 saturated carbocycles. The Hall–Kier alpha value is -0.0400. The molecule has 2 unspecified atom stereocenters. The van der Waals surface area contributed by atoms with E-state index in [4.69, 9.17) is 4.74 Å². The Morgan fingerprint density at radius 3 is 1.58 bits per heavy atom. The molecule has 1 aliphatic rings. The molecule has 114 valence electrons. The van der Waals surface area contributed by atoms with Crippen molar-refractivity contribution >= 4 is 0 Å². The van der Waals surface area contributed by atoms with Crippen LogP contribution in [0.15, 0.2) is 0 Å². The van der Waals surface area contributed by atoms with Crippen molar-refractivity contribution in [3.63, 3.8) is 0 Å². The normalized spacial score (nSPS) is 23.1. The van der Waals surface area contributed by atoms with Gasteiger partial charge in [-0.25, -0.2) is 0 Å². The largest absolute Gasteiger partial charge is 0.375 e. The summed E-state index contributed by atoms with van der Waals surface area (Å²) in [5.41, 5.74) is 0. The van der Waals surface area contributed by atoms with E-state index in [1.807, 2.05) is 0 Å². The third-order valence-corrected chi connectivity index (χ3v) is 4.45. The fraction of sp³-hybridized carbons (Fsp3) is 1.00. The Kier molecular flexibility index (Phi) is 10.5. The van der Waals surface area contributed by atoms with Gasteiger partial charge in [-0.2, -0.15) is 0 Å². The van der Waals surface area contributed by atoms with E-state index in [9.17, 15) is 0 Å². The van der Waals surface area contributed by atoms with Gasteiger partial charge in [0.2, 0.25) is 0 Å². The molecule has 0 amide bonds. The van der Waals surface area contributed by atoms with Gasteiger partial charge in [0.25, 0.3) is 0 Å². The zero-order valence-corrected chi connectivity index (χ0v) is 13.5. The predicted octanol–water partition coefficient (Wildman–Crippen LogP) is 6.26. The second-order valence-corrected chi connectivity index (χ2v) is 6.36. The van der Waals surface area contributed by atoms with Crippen molar-refractivity contribution in [1.29, 1.82) is 0 Å². The highest BCUT2D eigenvalue weighted by Crippen LogP contribution is 2.27. The van der Waals surface area contributed by atoms with Gasteiger partial charge in [-0.15, -0.1) is 0 Å². The van der Waals surface area contributed by atoms with Crippen LogP contribution in [-0.4, -0.2) is 12.2 Å². The molecule has 1 heterocycles. The van der Waals surface area contributed by atoms with Crippen LogP contribution in [0.25, 0.3) is 0 Å². The topological polar surface area (TPSA) is 9.23 Å². The first-order valence-corrected chi connectivity index (χ1v) is 9.02. The predicted molar refractivity (Wildman–Crippen MR) is 84.6 cm³/mol. The van der Waals surface area contributed by atoms with Crippen LogP contribution in [0.3, 0.4) is 0 Å². The zero-order valence-electron chi connectivity index (χ0n) is 13.5. The van der Waals surface area contributed by atoms with E-state index in [1.165, 1.54) is 89.9 Å². The summed E-state index contributed by atoms with van der Waals surface area (Å²) in [5, 5.41) is 0. The molecule has 1 nitrogen and oxygen atoms in total. The Balaban J connectivity index is 1.90. The molecular formula is C18H36O. The van der Waals surface area contributed by atoms with Crippen LogP contribution >= 0.6 is 0 Å². The average molecular weight is 268 g/mol. The fourth-order valence-electron chi connectivity index (χ4n) is 3.16. The third kappa shape index (κ3) is 8.68. The molecule has 0 aromatic carbocycles. The van der Waals surface area contributed by atoms with E-state index < -0.39 is 0 Å². The van der Waals surface area contributed by atoms with Gasteiger partial charge in [0.05, 0.1) is 12.2 Å². The minimum atomic E-state index is 0.599. The molecule has 0 spiro atoms. The van der Waals surface area contributed by atoms with E-state index >= 15 is 0 Å².